The molecular weight excluding hydrogens is 279 g/mol. The maximum absolute atomic E-state index is 3.44. The van der Waals surface area contributed by atoms with E-state index in [9.17, 15) is 0 Å². The van der Waals surface area contributed by atoms with Gasteiger partial charge in [0.15, 0.2) is 0 Å². The van der Waals surface area contributed by atoms with Gasteiger partial charge in [-0.05, 0) is 6.42 Å². The molecule has 0 aromatic heterocycles. The monoisotopic (exact) mass is 302 g/mol. The first-order chi connectivity index (χ1) is 5.41. The van der Waals surface area contributed by atoms with Crippen LogP contribution in [0.5, 0.6) is 0 Å². The molecule has 0 saturated carbocycles. The number of rotatable bonds is 8. The van der Waals surface area contributed by atoms with Crippen molar-refractivity contribution in [3.8, 4) is 0 Å². The molecule has 0 heterocycles. The normalized spacial score (nSPS) is 9.50. The topological polar surface area (TPSA) is 0 Å². The Bertz CT molecular complexity index is 58.9. The molecule has 0 unspecified atom stereocenters. The Morgan fingerprint density at radius 3 is 1.58 bits per heavy atom. The Morgan fingerprint density at radius 2 is 1.17 bits per heavy atom. The van der Waals surface area contributed by atoms with E-state index in [0.29, 0.717) is 0 Å². The Kier molecular flexibility index (Phi) is 18.7. The van der Waals surface area contributed by atoms with E-state index in [4.69, 9.17) is 0 Å². The molecule has 0 spiro atoms. The van der Waals surface area contributed by atoms with Gasteiger partial charge in [0, 0.05) is 5.33 Å². The van der Waals surface area contributed by atoms with Crippen molar-refractivity contribution in [1.82, 2.24) is 0 Å². The van der Waals surface area contributed by atoms with E-state index in [1.807, 2.05) is 0 Å². The van der Waals surface area contributed by atoms with Crippen LogP contribution in [-0.2, 0) is 0 Å². The molecule has 0 aromatic rings. The fraction of sp³-hybridized carbons (Fsp3) is 1.00. The predicted molar refractivity (Wildman–Crippen MR) is 64.9 cm³/mol. The molecule has 12 heavy (non-hydrogen) atoms. The number of alkyl halides is 1. The van der Waals surface area contributed by atoms with E-state index in [-0.39, 0.29) is 17.1 Å². The van der Waals surface area contributed by atoms with Crippen LogP contribution >= 0.6 is 15.9 Å². The standard InChI is InChI=1S/C10H21Br.H2Se/c1-2-3-4-5-6-7-8-9-10-11;/h2-10H2,1H3;1H2. The Balaban J connectivity index is 0. The van der Waals surface area contributed by atoms with E-state index in [0.717, 1.165) is 0 Å². The fourth-order valence-corrected chi connectivity index (χ4v) is 1.62. The Labute approximate surface area is 96.5 Å². The molecule has 0 amide bonds. The summed E-state index contributed by atoms with van der Waals surface area (Å²) in [6.45, 7) is 2.27. The zero-order chi connectivity index (χ0) is 8.36. The summed E-state index contributed by atoms with van der Waals surface area (Å²) >= 11 is 3.44. The summed E-state index contributed by atoms with van der Waals surface area (Å²) in [5.41, 5.74) is 0. The summed E-state index contributed by atoms with van der Waals surface area (Å²) in [5.74, 6) is 0. The third kappa shape index (κ3) is 13.6. The van der Waals surface area contributed by atoms with Crippen LogP contribution < -0.4 is 0 Å². The summed E-state index contributed by atoms with van der Waals surface area (Å²) < 4.78 is 0. The van der Waals surface area contributed by atoms with Crippen molar-refractivity contribution < 1.29 is 0 Å². The van der Waals surface area contributed by atoms with Crippen molar-refractivity contribution >= 4 is 33.0 Å². The molecule has 0 radical (unpaired) electrons. The summed E-state index contributed by atoms with van der Waals surface area (Å²) in [5, 5.41) is 1.18. The Morgan fingerprint density at radius 1 is 0.750 bits per heavy atom. The molecular formula is C10H23BrSe. The van der Waals surface area contributed by atoms with Crippen LogP contribution in [0.2, 0.25) is 0 Å². The van der Waals surface area contributed by atoms with Crippen LogP contribution in [-0.4, -0.2) is 22.4 Å². The Hall–Kier alpha value is 0.999. The zero-order valence-corrected chi connectivity index (χ0v) is 11.9. The van der Waals surface area contributed by atoms with Gasteiger partial charge < -0.3 is 0 Å². The average Bonchev–Trinajstić information content (AvgIpc) is 2.03. The molecule has 0 saturated heterocycles. The molecule has 0 fully saturated rings. The molecule has 0 nitrogen and oxygen atoms in total. The van der Waals surface area contributed by atoms with Gasteiger partial charge in [-0.25, -0.2) is 0 Å². The van der Waals surface area contributed by atoms with E-state index >= 15 is 0 Å². The van der Waals surface area contributed by atoms with Crippen molar-refractivity contribution in [2.45, 2.75) is 58.3 Å². The third-order valence-corrected chi connectivity index (χ3v) is 2.55. The van der Waals surface area contributed by atoms with E-state index in [2.05, 4.69) is 22.9 Å². The van der Waals surface area contributed by atoms with Gasteiger partial charge in [0.1, 0.15) is 0 Å². The second-order valence-electron chi connectivity index (χ2n) is 3.16. The van der Waals surface area contributed by atoms with Crippen molar-refractivity contribution in [3.05, 3.63) is 0 Å². The second kappa shape index (κ2) is 14.5. The van der Waals surface area contributed by atoms with E-state index < -0.39 is 0 Å². The van der Waals surface area contributed by atoms with Crippen LogP contribution in [0.3, 0.4) is 0 Å². The third-order valence-electron chi connectivity index (χ3n) is 1.99. The van der Waals surface area contributed by atoms with Crippen molar-refractivity contribution in [2.24, 2.45) is 0 Å². The quantitative estimate of drug-likeness (QED) is 0.365. The van der Waals surface area contributed by atoms with Crippen molar-refractivity contribution in [1.29, 1.82) is 0 Å². The number of halogens is 1. The first kappa shape index (κ1) is 15.5. The van der Waals surface area contributed by atoms with Crippen LogP contribution in [0.15, 0.2) is 0 Å². The summed E-state index contributed by atoms with van der Waals surface area (Å²) in [4.78, 5) is 0. The fourth-order valence-electron chi connectivity index (χ4n) is 1.23. The van der Waals surface area contributed by atoms with Crippen LogP contribution in [0.25, 0.3) is 0 Å². The SMILES string of the molecule is CCCCCCCCCCBr.[SeH2]. The molecule has 76 valence electrons. The van der Waals surface area contributed by atoms with Gasteiger partial charge >= 0.3 is 17.1 Å². The summed E-state index contributed by atoms with van der Waals surface area (Å²) in [6, 6.07) is 0. The molecule has 0 rings (SSSR count). The molecule has 0 aromatic carbocycles. The van der Waals surface area contributed by atoms with Crippen molar-refractivity contribution in [3.63, 3.8) is 0 Å². The van der Waals surface area contributed by atoms with E-state index in [1.54, 1.807) is 0 Å². The van der Waals surface area contributed by atoms with Gasteiger partial charge in [-0.2, -0.15) is 0 Å². The number of unbranched alkanes of at least 4 members (excludes halogenated alkanes) is 7. The summed E-state index contributed by atoms with van der Waals surface area (Å²) in [7, 11) is 0. The molecule has 0 atom stereocenters. The number of hydrogen-bond donors (Lipinski definition) is 0. The molecule has 2 heteroatoms. The van der Waals surface area contributed by atoms with Gasteiger partial charge in [-0.15, -0.1) is 0 Å². The maximum atomic E-state index is 3.44. The average molecular weight is 302 g/mol. The van der Waals surface area contributed by atoms with Gasteiger partial charge in [0.25, 0.3) is 0 Å². The van der Waals surface area contributed by atoms with E-state index in [1.165, 1.54) is 56.7 Å². The molecule has 0 aliphatic carbocycles. The van der Waals surface area contributed by atoms with Gasteiger partial charge in [-0.1, -0.05) is 67.8 Å². The zero-order valence-electron chi connectivity index (χ0n) is 8.24. The van der Waals surface area contributed by atoms with Crippen LogP contribution in [0.4, 0.5) is 0 Å². The molecule has 0 aliphatic heterocycles. The van der Waals surface area contributed by atoms with Gasteiger partial charge in [0.05, 0.1) is 0 Å². The molecule has 0 N–H and O–H groups in total. The van der Waals surface area contributed by atoms with Crippen LogP contribution in [0, 0.1) is 0 Å². The molecule has 0 bridgehead atoms. The number of hydrogen-bond acceptors (Lipinski definition) is 0. The second-order valence-corrected chi connectivity index (χ2v) is 3.96. The first-order valence-electron chi connectivity index (χ1n) is 4.97. The summed E-state index contributed by atoms with van der Waals surface area (Å²) in [6.07, 6.45) is 11.4. The first-order valence-corrected chi connectivity index (χ1v) is 6.10. The van der Waals surface area contributed by atoms with Crippen molar-refractivity contribution in [2.75, 3.05) is 5.33 Å². The van der Waals surface area contributed by atoms with Crippen LogP contribution in [0.1, 0.15) is 58.3 Å². The minimum atomic E-state index is 0. The van der Waals surface area contributed by atoms with Gasteiger partial charge in [0.2, 0.25) is 0 Å². The predicted octanol–water partition coefficient (Wildman–Crippen LogP) is 3.61. The van der Waals surface area contributed by atoms with Gasteiger partial charge in [-0.3, -0.25) is 0 Å². The molecule has 0 aliphatic rings. The minimum absolute atomic E-state index is 0.